The first-order valence-electron chi connectivity index (χ1n) is 9.54. The zero-order valence-corrected chi connectivity index (χ0v) is 15.9. The van der Waals surface area contributed by atoms with E-state index in [2.05, 4.69) is 40.5 Å². The van der Waals surface area contributed by atoms with Gasteiger partial charge in [-0.05, 0) is 42.6 Å². The van der Waals surface area contributed by atoms with Crippen molar-refractivity contribution in [3.8, 4) is 0 Å². The highest BCUT2D eigenvalue weighted by atomic mass is 16.2. The average molecular weight is 368 g/mol. The van der Waals surface area contributed by atoms with Crippen molar-refractivity contribution >= 4 is 22.7 Å². The lowest BCUT2D eigenvalue weighted by molar-refractivity contribution is -0.141. The molecule has 3 amide bonds. The van der Waals surface area contributed by atoms with Crippen molar-refractivity contribution in [1.82, 2.24) is 15.1 Å². The Balaban J connectivity index is 1.55. The Bertz CT molecular complexity index is 808. The molecule has 3 N–H and O–H groups in total. The summed E-state index contributed by atoms with van der Waals surface area (Å²) in [6.45, 7) is 2.88. The number of likely N-dealkylation sites (N-methyl/N-ethyl adjacent to an activating group) is 1. The van der Waals surface area contributed by atoms with Gasteiger partial charge in [0.15, 0.2) is 0 Å². The standard InChI is InChI=1S/C21H28N4O2/c1-24-13-14-25(20(26)19(24)7-4-11-23-21(22)27)12-10-16-8-9-17-5-2-3-6-18(17)15-16/h2-3,5-6,8-9,15,19H,4,7,10-14H2,1H3,(H3,22,23,27)/t19-/m0/s1. The van der Waals surface area contributed by atoms with Gasteiger partial charge in [-0.15, -0.1) is 0 Å². The summed E-state index contributed by atoms with van der Waals surface area (Å²) in [6.07, 6.45) is 2.32. The highest BCUT2D eigenvalue weighted by Gasteiger charge is 2.31. The van der Waals surface area contributed by atoms with Crippen LogP contribution in [0.1, 0.15) is 18.4 Å². The molecule has 3 rings (SSSR count). The molecule has 0 bridgehead atoms. The van der Waals surface area contributed by atoms with Gasteiger partial charge >= 0.3 is 6.03 Å². The van der Waals surface area contributed by atoms with E-state index < -0.39 is 6.03 Å². The van der Waals surface area contributed by atoms with Gasteiger partial charge in [0.2, 0.25) is 5.91 Å². The van der Waals surface area contributed by atoms with E-state index in [9.17, 15) is 9.59 Å². The number of hydrogen-bond donors (Lipinski definition) is 2. The molecule has 0 aromatic heterocycles. The number of urea groups is 1. The molecule has 6 heteroatoms. The maximum absolute atomic E-state index is 12.9. The summed E-state index contributed by atoms with van der Waals surface area (Å²) in [7, 11) is 1.99. The molecule has 0 unspecified atom stereocenters. The molecule has 2 aromatic carbocycles. The second kappa shape index (κ2) is 8.86. The van der Waals surface area contributed by atoms with Crippen molar-refractivity contribution in [3.63, 3.8) is 0 Å². The minimum Gasteiger partial charge on any atom is -0.352 e. The molecule has 1 heterocycles. The molecule has 6 nitrogen and oxygen atoms in total. The number of nitrogens with two attached hydrogens (primary N) is 1. The largest absolute Gasteiger partial charge is 0.352 e. The van der Waals surface area contributed by atoms with E-state index in [-0.39, 0.29) is 11.9 Å². The fourth-order valence-electron chi connectivity index (χ4n) is 3.67. The van der Waals surface area contributed by atoms with Crippen molar-refractivity contribution in [2.24, 2.45) is 5.73 Å². The van der Waals surface area contributed by atoms with E-state index in [1.54, 1.807) is 0 Å². The van der Waals surface area contributed by atoms with Crippen molar-refractivity contribution in [3.05, 3.63) is 48.0 Å². The molecule has 1 aliphatic heterocycles. The van der Waals surface area contributed by atoms with E-state index in [4.69, 9.17) is 5.73 Å². The number of hydrogen-bond acceptors (Lipinski definition) is 3. The molecule has 1 saturated heterocycles. The van der Waals surface area contributed by atoms with Gasteiger partial charge in [-0.25, -0.2) is 4.79 Å². The molecule has 0 saturated carbocycles. The molecule has 0 radical (unpaired) electrons. The van der Waals surface area contributed by atoms with Crippen LogP contribution in [0, 0.1) is 0 Å². The van der Waals surface area contributed by atoms with Crippen molar-refractivity contribution < 1.29 is 9.59 Å². The lowest BCUT2D eigenvalue weighted by Gasteiger charge is -2.39. The Kier molecular flexibility index (Phi) is 6.29. The highest BCUT2D eigenvalue weighted by molar-refractivity contribution is 5.83. The Hall–Kier alpha value is -2.60. The number of amides is 3. The van der Waals surface area contributed by atoms with Crippen LogP contribution in [0.15, 0.2) is 42.5 Å². The van der Waals surface area contributed by atoms with E-state index >= 15 is 0 Å². The number of benzene rings is 2. The number of rotatable bonds is 7. The van der Waals surface area contributed by atoms with Crippen LogP contribution in [0.2, 0.25) is 0 Å². The number of carbonyl (C=O) groups excluding carboxylic acids is 2. The summed E-state index contributed by atoms with van der Waals surface area (Å²) in [4.78, 5) is 27.7. The van der Waals surface area contributed by atoms with Crippen LogP contribution in [-0.4, -0.2) is 61.0 Å². The van der Waals surface area contributed by atoms with Gasteiger partial charge in [0, 0.05) is 26.2 Å². The average Bonchev–Trinajstić information content (AvgIpc) is 2.66. The third kappa shape index (κ3) is 4.98. The molecule has 0 spiro atoms. The van der Waals surface area contributed by atoms with Gasteiger partial charge < -0.3 is 16.0 Å². The molecule has 1 atom stereocenters. The van der Waals surface area contributed by atoms with Gasteiger partial charge in [-0.3, -0.25) is 9.69 Å². The fraction of sp³-hybridized carbons (Fsp3) is 0.429. The topological polar surface area (TPSA) is 78.7 Å². The minimum absolute atomic E-state index is 0.120. The van der Waals surface area contributed by atoms with Crippen LogP contribution in [0.25, 0.3) is 10.8 Å². The van der Waals surface area contributed by atoms with Crippen LogP contribution in [0.4, 0.5) is 4.79 Å². The number of primary amides is 1. The molecule has 2 aromatic rings. The summed E-state index contributed by atoms with van der Waals surface area (Å²) in [5.74, 6) is 0.184. The third-order valence-electron chi connectivity index (χ3n) is 5.29. The predicted octanol–water partition coefficient (Wildman–Crippen LogP) is 1.97. The maximum Gasteiger partial charge on any atom is 0.312 e. The first-order chi connectivity index (χ1) is 13.0. The zero-order valence-electron chi connectivity index (χ0n) is 15.9. The summed E-state index contributed by atoms with van der Waals surface area (Å²) >= 11 is 0. The summed E-state index contributed by atoms with van der Waals surface area (Å²) < 4.78 is 0. The van der Waals surface area contributed by atoms with Crippen LogP contribution in [-0.2, 0) is 11.2 Å². The fourth-order valence-corrected chi connectivity index (χ4v) is 3.67. The quantitative estimate of drug-likeness (QED) is 0.734. The molecule has 1 fully saturated rings. The Morgan fingerprint density at radius 3 is 2.74 bits per heavy atom. The first-order valence-corrected chi connectivity index (χ1v) is 9.54. The SMILES string of the molecule is CN1CCN(CCc2ccc3ccccc3c2)C(=O)[C@@H]1CCCNC(N)=O. The molecular weight excluding hydrogens is 340 g/mol. The van der Waals surface area contributed by atoms with Crippen molar-refractivity contribution in [2.75, 3.05) is 33.2 Å². The lowest BCUT2D eigenvalue weighted by atomic mass is 10.0. The second-order valence-corrected chi connectivity index (χ2v) is 7.19. The van der Waals surface area contributed by atoms with E-state index in [0.29, 0.717) is 6.54 Å². The number of fused-ring (bicyclic) bond motifs is 1. The highest BCUT2D eigenvalue weighted by Crippen LogP contribution is 2.18. The van der Waals surface area contributed by atoms with E-state index in [1.165, 1.54) is 16.3 Å². The summed E-state index contributed by atoms with van der Waals surface area (Å²) in [5, 5.41) is 5.06. The number of piperazine rings is 1. The molecular formula is C21H28N4O2. The number of carbonyl (C=O) groups is 2. The van der Waals surface area contributed by atoms with Gasteiger partial charge in [-0.2, -0.15) is 0 Å². The van der Waals surface area contributed by atoms with Crippen molar-refractivity contribution in [2.45, 2.75) is 25.3 Å². The molecule has 0 aliphatic carbocycles. The predicted molar refractivity (Wildman–Crippen MR) is 107 cm³/mol. The van der Waals surface area contributed by atoms with Crippen LogP contribution in [0.5, 0.6) is 0 Å². The van der Waals surface area contributed by atoms with Crippen LogP contribution in [0.3, 0.4) is 0 Å². The monoisotopic (exact) mass is 368 g/mol. The van der Waals surface area contributed by atoms with Gasteiger partial charge in [0.1, 0.15) is 0 Å². The third-order valence-corrected chi connectivity index (χ3v) is 5.29. The van der Waals surface area contributed by atoms with Gasteiger partial charge in [0.05, 0.1) is 6.04 Å². The van der Waals surface area contributed by atoms with Crippen LogP contribution >= 0.6 is 0 Å². The minimum atomic E-state index is -0.518. The number of nitrogens with zero attached hydrogens (tertiary/aromatic N) is 2. The van der Waals surface area contributed by atoms with Crippen LogP contribution < -0.4 is 11.1 Å². The van der Waals surface area contributed by atoms with Crippen molar-refractivity contribution in [1.29, 1.82) is 0 Å². The Morgan fingerprint density at radius 1 is 1.19 bits per heavy atom. The normalized spacial score (nSPS) is 18.0. The first kappa shape index (κ1) is 19.2. The smallest absolute Gasteiger partial charge is 0.312 e. The zero-order chi connectivity index (χ0) is 19.2. The maximum atomic E-state index is 12.9. The van der Waals surface area contributed by atoms with E-state index in [1.807, 2.05) is 24.1 Å². The molecule has 144 valence electrons. The van der Waals surface area contributed by atoms with Gasteiger partial charge in [-0.1, -0.05) is 42.5 Å². The number of nitrogens with one attached hydrogen (secondary N) is 1. The summed E-state index contributed by atoms with van der Waals surface area (Å²) in [5.41, 5.74) is 6.33. The second-order valence-electron chi connectivity index (χ2n) is 7.19. The summed E-state index contributed by atoms with van der Waals surface area (Å²) in [6, 6.07) is 14.2. The lowest BCUT2D eigenvalue weighted by Crippen LogP contribution is -2.56. The Morgan fingerprint density at radius 2 is 1.96 bits per heavy atom. The van der Waals surface area contributed by atoms with Gasteiger partial charge in [0.25, 0.3) is 0 Å². The molecule has 27 heavy (non-hydrogen) atoms. The van der Waals surface area contributed by atoms with E-state index in [0.717, 1.165) is 38.9 Å². The Labute approximate surface area is 160 Å². The molecule has 1 aliphatic rings.